The number of aliphatic hydroxyl groups is 1. The van der Waals surface area contributed by atoms with Crippen molar-refractivity contribution in [3.05, 3.63) is 69.8 Å². The molecule has 0 amide bonds. The van der Waals surface area contributed by atoms with Crippen LogP contribution in [0.4, 0.5) is 0 Å². The van der Waals surface area contributed by atoms with Crippen LogP contribution in [0.1, 0.15) is 30.0 Å². The zero-order valence-corrected chi connectivity index (χ0v) is 17.9. The van der Waals surface area contributed by atoms with Crippen LogP contribution < -0.4 is 0 Å². The molecule has 1 atom stereocenters. The summed E-state index contributed by atoms with van der Waals surface area (Å²) in [5.41, 5.74) is 4.52. The molecule has 0 radical (unpaired) electrons. The largest absolute Gasteiger partial charge is 0.384 e. The maximum Gasteiger partial charge on any atom is 0.243 e. The average molecular weight is 428 g/mol. The zero-order chi connectivity index (χ0) is 20.8. The van der Waals surface area contributed by atoms with Crippen LogP contribution >= 0.6 is 11.6 Å². The Balaban J connectivity index is 1.80. The van der Waals surface area contributed by atoms with E-state index in [1.165, 1.54) is 4.31 Å². The number of halogens is 1. The Morgan fingerprint density at radius 3 is 2.62 bits per heavy atom. The summed E-state index contributed by atoms with van der Waals surface area (Å²) in [7, 11) is -3.61. The Morgan fingerprint density at radius 1 is 1.21 bits per heavy atom. The molecular weight excluding hydrogens is 406 g/mol. The van der Waals surface area contributed by atoms with Crippen molar-refractivity contribution in [3.8, 4) is 11.8 Å². The van der Waals surface area contributed by atoms with Crippen molar-refractivity contribution >= 4 is 27.2 Å². The number of fused-ring (bicyclic) bond motifs is 3. The molecule has 2 aromatic rings. The number of sulfonamides is 1. The Morgan fingerprint density at radius 2 is 1.93 bits per heavy atom. The first-order valence-electron chi connectivity index (χ1n) is 9.48. The van der Waals surface area contributed by atoms with Crippen molar-refractivity contribution in [2.45, 2.75) is 30.6 Å². The van der Waals surface area contributed by atoms with Gasteiger partial charge in [0.2, 0.25) is 10.0 Å². The van der Waals surface area contributed by atoms with Gasteiger partial charge in [0, 0.05) is 29.1 Å². The number of rotatable bonds is 2. The van der Waals surface area contributed by atoms with Gasteiger partial charge >= 0.3 is 0 Å². The van der Waals surface area contributed by atoms with Crippen LogP contribution in [0.15, 0.2) is 52.9 Å². The van der Waals surface area contributed by atoms with E-state index in [0.29, 0.717) is 22.9 Å². The smallest absolute Gasteiger partial charge is 0.243 e. The fourth-order valence-electron chi connectivity index (χ4n) is 4.27. The fourth-order valence-corrected chi connectivity index (χ4v) is 5.85. The molecule has 0 saturated carbocycles. The summed E-state index contributed by atoms with van der Waals surface area (Å²) >= 11 is 6.26. The highest BCUT2D eigenvalue weighted by molar-refractivity contribution is 7.89. The molecule has 1 aliphatic carbocycles. The molecule has 1 saturated heterocycles. The summed E-state index contributed by atoms with van der Waals surface area (Å²) < 4.78 is 28.0. The number of allylic oxidation sites excluding steroid dienone is 1. The minimum absolute atomic E-state index is 0.248. The Labute approximate surface area is 176 Å². The maximum absolute atomic E-state index is 13.2. The van der Waals surface area contributed by atoms with E-state index in [-0.39, 0.29) is 18.6 Å². The average Bonchev–Trinajstić information content (AvgIpc) is 2.93. The first kappa shape index (κ1) is 20.2. The van der Waals surface area contributed by atoms with Gasteiger partial charge in [0.15, 0.2) is 0 Å². The van der Waals surface area contributed by atoms with Gasteiger partial charge in [-0.1, -0.05) is 54.1 Å². The number of hydrogen-bond acceptors (Lipinski definition) is 3. The molecule has 0 aromatic heterocycles. The molecule has 0 spiro atoms. The molecule has 2 aliphatic rings. The first-order valence-corrected chi connectivity index (χ1v) is 11.3. The number of nitrogens with zero attached hydrogens (tertiary/aromatic N) is 1. The van der Waals surface area contributed by atoms with Crippen LogP contribution in [0, 0.1) is 18.8 Å². The Bertz CT molecular complexity index is 1170. The zero-order valence-electron chi connectivity index (χ0n) is 16.4. The van der Waals surface area contributed by atoms with Gasteiger partial charge in [0.25, 0.3) is 0 Å². The molecule has 6 heteroatoms. The van der Waals surface area contributed by atoms with Gasteiger partial charge in [-0.2, -0.15) is 4.31 Å². The Kier molecular flexibility index (Phi) is 5.08. The van der Waals surface area contributed by atoms with E-state index in [4.69, 9.17) is 11.6 Å². The van der Waals surface area contributed by atoms with Crippen LogP contribution in [0.5, 0.6) is 0 Å². The maximum atomic E-state index is 13.2. The Hall–Kier alpha value is -2.10. The first-order chi connectivity index (χ1) is 13.8. The van der Waals surface area contributed by atoms with Crippen molar-refractivity contribution in [1.29, 1.82) is 0 Å². The van der Waals surface area contributed by atoms with Crippen molar-refractivity contribution in [1.82, 2.24) is 4.31 Å². The number of aliphatic hydroxyl groups excluding tert-OH is 1. The third-order valence-electron chi connectivity index (χ3n) is 5.96. The van der Waals surface area contributed by atoms with Gasteiger partial charge in [0.1, 0.15) is 6.61 Å². The van der Waals surface area contributed by atoms with Gasteiger partial charge in [-0.25, -0.2) is 8.42 Å². The summed E-state index contributed by atoms with van der Waals surface area (Å²) in [4.78, 5) is 0.300. The van der Waals surface area contributed by atoms with Crippen molar-refractivity contribution in [2.75, 3.05) is 19.7 Å². The summed E-state index contributed by atoms with van der Waals surface area (Å²) in [6.07, 6.45) is 0.644. The van der Waals surface area contributed by atoms with Gasteiger partial charge in [-0.3, -0.25) is 0 Å². The van der Waals surface area contributed by atoms with Crippen LogP contribution in [-0.2, 0) is 15.4 Å². The van der Waals surface area contributed by atoms with E-state index in [9.17, 15) is 13.5 Å². The van der Waals surface area contributed by atoms with E-state index >= 15 is 0 Å². The summed E-state index contributed by atoms with van der Waals surface area (Å²) in [5, 5.41) is 9.86. The van der Waals surface area contributed by atoms with Crippen LogP contribution in [0.2, 0.25) is 5.02 Å². The second kappa shape index (κ2) is 7.30. The molecule has 1 aliphatic heterocycles. The third-order valence-corrected chi connectivity index (χ3v) is 8.05. The lowest BCUT2D eigenvalue weighted by atomic mass is 9.74. The quantitative estimate of drug-likeness (QED) is 0.742. The van der Waals surface area contributed by atoms with Crippen molar-refractivity contribution in [2.24, 2.45) is 0 Å². The number of benzene rings is 2. The molecule has 4 rings (SSSR count). The predicted octanol–water partition coefficient (Wildman–Crippen LogP) is 3.76. The second-order valence-corrected chi connectivity index (χ2v) is 10.1. The summed E-state index contributed by atoms with van der Waals surface area (Å²) in [6, 6.07) is 12.6. The topological polar surface area (TPSA) is 57.6 Å². The van der Waals surface area contributed by atoms with E-state index in [1.54, 1.807) is 12.1 Å². The fraction of sp³-hybridized carbons (Fsp3) is 0.304. The minimum Gasteiger partial charge on any atom is -0.384 e. The van der Waals surface area contributed by atoms with Gasteiger partial charge in [-0.15, -0.1) is 0 Å². The molecule has 1 N–H and O–H groups in total. The molecule has 150 valence electrons. The molecular formula is C23H22ClNO3S. The minimum atomic E-state index is -3.61. The van der Waals surface area contributed by atoms with Crippen LogP contribution in [0.3, 0.4) is 0 Å². The number of piperidine rings is 1. The lowest BCUT2D eigenvalue weighted by Crippen LogP contribution is -2.44. The lowest BCUT2D eigenvalue weighted by Gasteiger charge is -2.39. The predicted molar refractivity (Wildman–Crippen MR) is 115 cm³/mol. The van der Waals surface area contributed by atoms with Gasteiger partial charge < -0.3 is 5.11 Å². The SMILES string of the molecule is Cc1ccc(S(=O)(=O)N2CCC3(C)C(=C(C#CCO)c4ccc(Cl)cc43)C2)cc1. The third kappa shape index (κ3) is 3.31. The van der Waals surface area contributed by atoms with Gasteiger partial charge in [0.05, 0.1) is 4.90 Å². The normalized spacial score (nSPS) is 21.4. The van der Waals surface area contributed by atoms with Crippen LogP contribution in [-0.4, -0.2) is 37.5 Å². The van der Waals surface area contributed by atoms with E-state index in [0.717, 1.165) is 27.8 Å². The van der Waals surface area contributed by atoms with Crippen molar-refractivity contribution in [3.63, 3.8) is 0 Å². The van der Waals surface area contributed by atoms with Crippen LogP contribution in [0.25, 0.3) is 5.57 Å². The molecule has 1 fully saturated rings. The summed E-state index contributed by atoms with van der Waals surface area (Å²) in [6.45, 7) is 4.50. The van der Waals surface area contributed by atoms with E-state index in [2.05, 4.69) is 18.8 Å². The highest BCUT2D eigenvalue weighted by atomic mass is 35.5. The standard InChI is InChI=1S/C23H22ClNO3S/c1-16-5-8-18(9-6-16)29(27,28)25-12-11-23(2)21-14-17(24)7-10-20(21)19(4-3-13-26)22(23)15-25/h5-10,14,26H,11-13,15H2,1-2H3. The molecule has 1 heterocycles. The molecule has 1 unspecified atom stereocenters. The van der Waals surface area contributed by atoms with E-state index in [1.807, 2.05) is 37.3 Å². The van der Waals surface area contributed by atoms with Gasteiger partial charge in [-0.05, 0) is 54.3 Å². The monoisotopic (exact) mass is 427 g/mol. The summed E-state index contributed by atoms with van der Waals surface area (Å²) in [5.74, 6) is 5.80. The number of hydrogen-bond donors (Lipinski definition) is 1. The molecule has 2 aromatic carbocycles. The second-order valence-electron chi connectivity index (χ2n) is 7.74. The highest BCUT2D eigenvalue weighted by Crippen LogP contribution is 2.51. The number of aryl methyl sites for hydroxylation is 1. The molecule has 4 nitrogen and oxygen atoms in total. The molecule has 0 bridgehead atoms. The van der Waals surface area contributed by atoms with E-state index < -0.39 is 10.0 Å². The lowest BCUT2D eigenvalue weighted by molar-refractivity contribution is 0.324. The van der Waals surface area contributed by atoms with Crippen molar-refractivity contribution < 1.29 is 13.5 Å². The molecule has 29 heavy (non-hydrogen) atoms. The highest BCUT2D eigenvalue weighted by Gasteiger charge is 2.46.